The third-order valence-corrected chi connectivity index (χ3v) is 8.89. The standard InChI is InChI=1S/C20H20F2N10O10P2/c21-8-12-7(40-18(8)32-5-28-11-16(32)29-20(24)30-17(11)33)2-38-44(35,36)42-13-6(1-37-43(34)41-12)39-19(9(13)22)31-4-27-10-14(23)25-3-26-15(10)31/h3-9,12-13,18-19H,1-2H2,(H5-,23,24,25,26,29,30,33,35,36)/p+1/t6?,7-,8-,9-,12-,13-,18-,19-/m1/s1. The van der Waals surface area contributed by atoms with Crippen molar-refractivity contribution in [3.05, 3.63) is 29.3 Å². The minimum absolute atomic E-state index is 0.0205. The van der Waals surface area contributed by atoms with Crippen molar-refractivity contribution >= 4 is 50.2 Å². The van der Waals surface area contributed by atoms with Crippen molar-refractivity contribution in [3.8, 4) is 0 Å². The maximum atomic E-state index is 15.8. The summed E-state index contributed by atoms with van der Waals surface area (Å²) in [5.41, 5.74) is 10.6. The van der Waals surface area contributed by atoms with Crippen LogP contribution in [-0.2, 0) is 36.7 Å². The number of rotatable bonds is 2. The number of halogens is 2. The van der Waals surface area contributed by atoms with Crippen LogP contribution in [0.3, 0.4) is 0 Å². The number of fused-ring (bicyclic) bond motifs is 4. The molecule has 3 aliphatic rings. The van der Waals surface area contributed by atoms with E-state index in [1.54, 1.807) is 0 Å². The van der Waals surface area contributed by atoms with Gasteiger partial charge < -0.3 is 25.8 Å². The Morgan fingerprint density at radius 3 is 2.39 bits per heavy atom. The molecule has 7 heterocycles. The largest absolute Gasteiger partial charge is 0.697 e. The zero-order valence-corrected chi connectivity index (χ0v) is 23.6. The number of hydrogen-bond acceptors (Lipinski definition) is 16. The van der Waals surface area contributed by atoms with E-state index in [1.807, 2.05) is 0 Å². The smallest absolute Gasteiger partial charge is 0.382 e. The number of hydrogen-bond donors (Lipinski definition) is 4. The van der Waals surface area contributed by atoms with Gasteiger partial charge in [0.25, 0.3) is 5.56 Å². The molecule has 0 radical (unpaired) electrons. The Kier molecular flexibility index (Phi) is 7.15. The quantitative estimate of drug-likeness (QED) is 0.208. The Balaban J connectivity index is 1.15. The van der Waals surface area contributed by atoms with Gasteiger partial charge >= 0.3 is 16.1 Å². The van der Waals surface area contributed by atoms with Crippen LogP contribution in [0, 0.1) is 0 Å². The number of anilines is 2. The average molecular weight is 661 g/mol. The minimum Gasteiger partial charge on any atom is -0.382 e. The Labute approximate surface area is 243 Å². The summed E-state index contributed by atoms with van der Waals surface area (Å²) in [6, 6.07) is 0. The third-order valence-electron chi connectivity index (χ3n) is 7.13. The highest BCUT2D eigenvalue weighted by Crippen LogP contribution is 2.51. The van der Waals surface area contributed by atoms with Gasteiger partial charge in [0, 0.05) is 4.57 Å². The molecule has 24 heteroatoms. The van der Waals surface area contributed by atoms with Crippen LogP contribution in [0.5, 0.6) is 0 Å². The van der Waals surface area contributed by atoms with Crippen LogP contribution in [0.4, 0.5) is 20.5 Å². The van der Waals surface area contributed by atoms with Crippen molar-refractivity contribution in [2.75, 3.05) is 24.7 Å². The molecule has 234 valence electrons. The normalized spacial score (nSPS) is 35.8. The molecule has 3 fully saturated rings. The van der Waals surface area contributed by atoms with Gasteiger partial charge in [-0.05, 0) is 0 Å². The van der Waals surface area contributed by atoms with E-state index in [2.05, 4.69) is 29.9 Å². The molecule has 0 amide bonds. The summed E-state index contributed by atoms with van der Waals surface area (Å²) in [7, 11) is -8.20. The van der Waals surface area contributed by atoms with Gasteiger partial charge in [-0.3, -0.25) is 28.0 Å². The number of H-pyrrole nitrogens is 1. The number of nitrogens with one attached hydrogen (secondary N) is 1. The summed E-state index contributed by atoms with van der Waals surface area (Å²) in [6.07, 6.45) is -10.4. The molecule has 6 N–H and O–H groups in total. The van der Waals surface area contributed by atoms with Gasteiger partial charge in [-0.2, -0.15) is 4.98 Å². The van der Waals surface area contributed by atoms with Crippen molar-refractivity contribution in [3.63, 3.8) is 0 Å². The van der Waals surface area contributed by atoms with Gasteiger partial charge in [0.05, 0.1) is 19.3 Å². The molecule has 10 atom stereocenters. The summed E-state index contributed by atoms with van der Waals surface area (Å²) in [5, 5.41) is 0. The highest BCUT2D eigenvalue weighted by molar-refractivity contribution is 7.47. The number of imidazole rings is 2. The number of aromatic amines is 1. The summed E-state index contributed by atoms with van der Waals surface area (Å²) in [6.45, 7) is -1.53. The maximum absolute atomic E-state index is 15.8. The fraction of sp³-hybridized carbons (Fsp3) is 0.500. The molecule has 7 rings (SSSR count). The number of ether oxygens (including phenoxy) is 2. The van der Waals surface area contributed by atoms with Crippen LogP contribution >= 0.6 is 16.1 Å². The van der Waals surface area contributed by atoms with Gasteiger partial charge in [-0.15, -0.1) is 9.05 Å². The van der Waals surface area contributed by atoms with Crippen LogP contribution in [0.2, 0.25) is 0 Å². The van der Waals surface area contributed by atoms with Gasteiger partial charge in [-0.25, -0.2) is 33.3 Å². The van der Waals surface area contributed by atoms with Gasteiger partial charge in [-0.1, -0.05) is 0 Å². The Hall–Kier alpha value is -3.59. The first kappa shape index (κ1) is 29.1. The molecule has 0 saturated carbocycles. The lowest BCUT2D eigenvalue weighted by molar-refractivity contribution is -0.0600. The summed E-state index contributed by atoms with van der Waals surface area (Å²) in [5.74, 6) is -0.259. The fourth-order valence-corrected chi connectivity index (χ4v) is 6.89. The fourth-order valence-electron chi connectivity index (χ4n) is 5.16. The second-order valence-electron chi connectivity index (χ2n) is 9.80. The first-order chi connectivity index (χ1) is 21.0. The van der Waals surface area contributed by atoms with Gasteiger partial charge in [0.2, 0.25) is 5.95 Å². The van der Waals surface area contributed by atoms with Crippen molar-refractivity contribution in [2.24, 2.45) is 0 Å². The number of phosphoric acid groups is 1. The molecule has 4 aromatic rings. The molecule has 0 aliphatic carbocycles. The maximum Gasteiger partial charge on any atom is 0.697 e. The number of nitrogens with zero attached hydrogens (tertiary/aromatic N) is 7. The van der Waals surface area contributed by atoms with E-state index in [0.717, 1.165) is 17.2 Å². The molecule has 0 aromatic carbocycles. The van der Waals surface area contributed by atoms with Gasteiger partial charge in [0.15, 0.2) is 53.5 Å². The van der Waals surface area contributed by atoms with E-state index in [0.29, 0.717) is 0 Å². The average Bonchev–Trinajstić information content (AvgIpc) is 3.72. The first-order valence-corrected chi connectivity index (χ1v) is 15.3. The zero-order valence-electron chi connectivity index (χ0n) is 21.8. The van der Waals surface area contributed by atoms with E-state index < -0.39 is 84.1 Å². The predicted octanol–water partition coefficient (Wildman–Crippen LogP) is 0.170. The minimum atomic E-state index is -5.09. The lowest BCUT2D eigenvalue weighted by atomic mass is 10.1. The molecule has 20 nitrogen and oxygen atoms in total. The third kappa shape index (κ3) is 4.93. The number of phosphoric ester groups is 1. The van der Waals surface area contributed by atoms with Crippen molar-refractivity contribution < 1.29 is 50.4 Å². The van der Waals surface area contributed by atoms with E-state index in [-0.39, 0.29) is 34.1 Å². The molecule has 3 saturated heterocycles. The molecule has 3 aliphatic heterocycles. The molecular weight excluding hydrogens is 640 g/mol. The van der Waals surface area contributed by atoms with Crippen molar-refractivity contribution in [2.45, 2.75) is 49.2 Å². The van der Waals surface area contributed by atoms with Crippen LogP contribution in [0.25, 0.3) is 22.3 Å². The first-order valence-electron chi connectivity index (χ1n) is 12.7. The zero-order chi connectivity index (χ0) is 30.9. The van der Waals surface area contributed by atoms with Crippen LogP contribution in [-0.4, -0.2) is 93.9 Å². The number of nitrogens with two attached hydrogens (primary N) is 2. The van der Waals surface area contributed by atoms with E-state index in [1.165, 1.54) is 10.9 Å². The van der Waals surface area contributed by atoms with Crippen molar-refractivity contribution in [1.82, 2.24) is 39.0 Å². The molecule has 3 unspecified atom stereocenters. The number of nitrogen functional groups attached to an aromatic ring is 2. The lowest BCUT2D eigenvalue weighted by Crippen LogP contribution is -2.36. The van der Waals surface area contributed by atoms with Crippen LogP contribution < -0.4 is 17.0 Å². The number of alkyl halides is 2. The molecule has 0 spiro atoms. The highest BCUT2D eigenvalue weighted by Gasteiger charge is 2.56. The summed E-state index contributed by atoms with van der Waals surface area (Å²) < 4.78 is 91.7. The predicted molar refractivity (Wildman–Crippen MR) is 139 cm³/mol. The monoisotopic (exact) mass is 661 g/mol. The second kappa shape index (κ2) is 10.8. The summed E-state index contributed by atoms with van der Waals surface area (Å²) in [4.78, 5) is 44.7. The Morgan fingerprint density at radius 1 is 0.977 bits per heavy atom. The van der Waals surface area contributed by atoms with Crippen LogP contribution in [0.15, 0.2) is 23.8 Å². The lowest BCUT2D eigenvalue weighted by Gasteiger charge is -2.23. The second-order valence-corrected chi connectivity index (χ2v) is 12.1. The van der Waals surface area contributed by atoms with Gasteiger partial charge in [0.1, 0.15) is 36.8 Å². The van der Waals surface area contributed by atoms with E-state index >= 15 is 8.78 Å². The van der Waals surface area contributed by atoms with E-state index in [4.69, 9.17) is 39.0 Å². The molecule has 0 bridgehead atoms. The topological polar surface area (TPSA) is 269 Å². The summed E-state index contributed by atoms with van der Waals surface area (Å²) >= 11 is 0. The number of aromatic nitrogens is 8. The Bertz CT molecular complexity index is 1880. The highest BCUT2D eigenvalue weighted by atomic mass is 31.2. The molecular formula is C20H21F2N10O10P2+. The Morgan fingerprint density at radius 2 is 1.64 bits per heavy atom. The van der Waals surface area contributed by atoms with Crippen LogP contribution in [0.1, 0.15) is 12.5 Å². The molecule has 44 heavy (non-hydrogen) atoms. The SMILES string of the molecule is Nc1nc2c(ncn2[C@@H]2O[C@@H]3COP(=O)(O)O[C@@H]4C(CO[P+](=O)O[C@H]3[C@H]2F)O[C@@H](n2cnc3c(N)ncnc32)[C@@H]4F)c(=O)[nH]1. The van der Waals surface area contributed by atoms with E-state index in [9.17, 15) is 18.8 Å². The van der Waals surface area contributed by atoms with Crippen molar-refractivity contribution in [1.29, 1.82) is 0 Å². The molecule has 4 aromatic heterocycles.